The minimum absolute atomic E-state index is 0.0576. The average Bonchev–Trinajstić information content (AvgIpc) is 3.47. The number of hydrogen-bond acceptors (Lipinski definition) is 8. The highest BCUT2D eigenvalue weighted by molar-refractivity contribution is 8.00. The second-order valence-electron chi connectivity index (χ2n) is 10.0. The Kier molecular flexibility index (Phi) is 10.8. The van der Waals surface area contributed by atoms with Crippen LogP contribution in [0.4, 0.5) is 10.1 Å². The number of carbonyl (C=O) groups excluding carboxylic acids is 1. The first-order valence-corrected chi connectivity index (χ1v) is 15.4. The minimum Gasteiger partial charge on any atom is -0.496 e. The number of methoxy groups -OCH3 is 2. The van der Waals surface area contributed by atoms with Gasteiger partial charge in [-0.2, -0.15) is 0 Å². The molecular weight excluding hydrogens is 600 g/mol. The summed E-state index contributed by atoms with van der Waals surface area (Å²) < 4.78 is 31.6. The SMILES string of the molecule is COCCNCc1cccc(C2Cc3nccc(Oc4ccc(NC(=S)NC(=O)Cc5ccccc5OC)cc4F)c3S2)c1. The number of benzene rings is 3. The third-order valence-electron chi connectivity index (χ3n) is 6.92. The fourth-order valence-corrected chi connectivity index (χ4v) is 6.35. The van der Waals surface area contributed by atoms with Crippen molar-refractivity contribution in [3.63, 3.8) is 0 Å². The number of pyridine rings is 1. The quantitative estimate of drug-likeness (QED) is 0.125. The Morgan fingerprint density at radius 1 is 1.05 bits per heavy atom. The Balaban J connectivity index is 1.19. The molecule has 11 heteroatoms. The van der Waals surface area contributed by atoms with Crippen molar-refractivity contribution in [3.8, 4) is 17.2 Å². The number of rotatable bonds is 12. The number of para-hydroxylation sites is 1. The first-order chi connectivity index (χ1) is 21.4. The number of amides is 1. The highest BCUT2D eigenvalue weighted by atomic mass is 32.2. The fourth-order valence-electron chi connectivity index (χ4n) is 4.81. The lowest BCUT2D eigenvalue weighted by Crippen LogP contribution is -2.35. The molecule has 0 bridgehead atoms. The van der Waals surface area contributed by atoms with Crippen LogP contribution in [-0.4, -0.2) is 43.4 Å². The molecule has 1 aliphatic heterocycles. The van der Waals surface area contributed by atoms with Crippen molar-refractivity contribution in [1.82, 2.24) is 15.6 Å². The lowest BCUT2D eigenvalue weighted by Gasteiger charge is -2.14. The Bertz CT molecular complexity index is 1640. The third-order valence-corrected chi connectivity index (χ3v) is 8.52. The minimum atomic E-state index is -0.572. The maximum atomic E-state index is 15.2. The summed E-state index contributed by atoms with van der Waals surface area (Å²) in [5, 5.41) is 9.09. The number of thiocarbonyl (C=S) groups is 1. The molecule has 0 fully saturated rings. The number of hydrogen-bond donors (Lipinski definition) is 3. The van der Waals surface area contributed by atoms with Crippen LogP contribution in [0.2, 0.25) is 0 Å². The zero-order valence-corrected chi connectivity index (χ0v) is 26.0. The largest absolute Gasteiger partial charge is 0.496 e. The highest BCUT2D eigenvalue weighted by Gasteiger charge is 2.28. The van der Waals surface area contributed by atoms with E-state index in [1.807, 2.05) is 18.2 Å². The summed E-state index contributed by atoms with van der Waals surface area (Å²) >= 11 is 6.94. The summed E-state index contributed by atoms with van der Waals surface area (Å²) in [4.78, 5) is 18.0. The van der Waals surface area contributed by atoms with Gasteiger partial charge in [0.2, 0.25) is 5.91 Å². The van der Waals surface area contributed by atoms with Gasteiger partial charge in [-0.1, -0.05) is 42.5 Å². The van der Waals surface area contributed by atoms with Crippen LogP contribution in [0.5, 0.6) is 17.2 Å². The third kappa shape index (κ3) is 8.11. The molecule has 4 aromatic rings. The standard InChI is InChI=1S/C33H33FN4O4S2/c1-40-15-14-35-20-21-6-5-8-23(16-21)30-19-26-32(44-30)29(12-13-36-26)42-28-11-10-24(18-25(28)34)37-33(43)38-31(39)17-22-7-3-4-9-27(22)41-2/h3-13,16,18,30,35H,14-15,17,19-20H2,1-2H3,(H2,37,38,39,43). The summed E-state index contributed by atoms with van der Waals surface area (Å²) in [5.74, 6) is 0.350. The maximum Gasteiger partial charge on any atom is 0.230 e. The Morgan fingerprint density at radius 3 is 2.73 bits per heavy atom. The van der Waals surface area contributed by atoms with Gasteiger partial charge in [0.15, 0.2) is 16.7 Å². The van der Waals surface area contributed by atoms with Crippen molar-refractivity contribution in [1.29, 1.82) is 0 Å². The van der Waals surface area contributed by atoms with Crippen LogP contribution in [0.3, 0.4) is 0 Å². The first kappa shape index (κ1) is 31.4. The second kappa shape index (κ2) is 15.1. The zero-order valence-electron chi connectivity index (χ0n) is 24.4. The van der Waals surface area contributed by atoms with Crippen LogP contribution in [0.15, 0.2) is 83.9 Å². The summed E-state index contributed by atoms with van der Waals surface area (Å²) in [6.07, 6.45) is 2.52. The van der Waals surface area contributed by atoms with E-state index < -0.39 is 5.82 Å². The number of nitrogens with zero attached hydrogens (tertiary/aromatic N) is 1. The van der Waals surface area contributed by atoms with Gasteiger partial charge in [-0.05, 0) is 41.5 Å². The Labute approximate surface area is 265 Å². The van der Waals surface area contributed by atoms with E-state index in [0.717, 1.165) is 35.7 Å². The lowest BCUT2D eigenvalue weighted by molar-refractivity contribution is -0.119. The first-order valence-electron chi connectivity index (χ1n) is 14.1. The molecule has 0 aliphatic carbocycles. The monoisotopic (exact) mass is 632 g/mol. The molecule has 0 spiro atoms. The van der Waals surface area contributed by atoms with Gasteiger partial charge in [-0.15, -0.1) is 11.8 Å². The predicted octanol–water partition coefficient (Wildman–Crippen LogP) is 6.20. The van der Waals surface area contributed by atoms with Crippen molar-refractivity contribution < 1.29 is 23.4 Å². The molecule has 3 N–H and O–H groups in total. The van der Waals surface area contributed by atoms with Crippen molar-refractivity contribution in [3.05, 3.63) is 107 Å². The molecule has 44 heavy (non-hydrogen) atoms. The van der Waals surface area contributed by atoms with Crippen LogP contribution in [0.1, 0.15) is 27.6 Å². The molecule has 0 saturated carbocycles. The van der Waals surface area contributed by atoms with Crippen molar-refractivity contribution in [2.45, 2.75) is 29.5 Å². The molecule has 0 radical (unpaired) electrons. The van der Waals surface area contributed by atoms with Gasteiger partial charge in [-0.3, -0.25) is 9.78 Å². The molecule has 1 aromatic heterocycles. The molecule has 1 amide bonds. The average molecular weight is 633 g/mol. The van der Waals surface area contributed by atoms with E-state index >= 15 is 4.39 Å². The van der Waals surface area contributed by atoms with Crippen LogP contribution >= 0.6 is 24.0 Å². The summed E-state index contributed by atoms with van der Waals surface area (Å²) in [7, 11) is 3.24. The molecule has 1 aliphatic rings. The number of halogens is 1. The highest BCUT2D eigenvalue weighted by Crippen LogP contribution is 2.50. The van der Waals surface area contributed by atoms with Crippen molar-refractivity contribution in [2.24, 2.45) is 0 Å². The smallest absolute Gasteiger partial charge is 0.230 e. The number of fused-ring (bicyclic) bond motifs is 1. The Morgan fingerprint density at radius 2 is 1.91 bits per heavy atom. The van der Waals surface area contributed by atoms with Gasteiger partial charge in [-0.25, -0.2) is 4.39 Å². The normalized spacial score (nSPS) is 13.7. The van der Waals surface area contributed by atoms with E-state index in [9.17, 15) is 4.79 Å². The fraction of sp³-hybridized carbons (Fsp3) is 0.242. The molecule has 228 valence electrons. The van der Waals surface area contributed by atoms with Crippen LogP contribution in [-0.2, 0) is 28.9 Å². The van der Waals surface area contributed by atoms with Crippen molar-refractivity contribution >= 4 is 40.7 Å². The number of nitrogens with one attached hydrogen (secondary N) is 3. The molecule has 0 saturated heterocycles. The van der Waals surface area contributed by atoms with Crippen molar-refractivity contribution in [2.75, 3.05) is 32.7 Å². The van der Waals surface area contributed by atoms with E-state index in [2.05, 4.69) is 45.2 Å². The number of thioether (sulfide) groups is 1. The van der Waals surface area contributed by atoms with Gasteiger partial charge in [0, 0.05) is 61.5 Å². The number of aromatic nitrogens is 1. The number of anilines is 1. The van der Waals surface area contributed by atoms with Crippen LogP contribution < -0.4 is 25.4 Å². The van der Waals surface area contributed by atoms with Gasteiger partial charge in [0.05, 0.1) is 30.7 Å². The molecule has 5 rings (SSSR count). The van der Waals surface area contributed by atoms with E-state index in [1.165, 1.54) is 23.3 Å². The number of ether oxygens (including phenoxy) is 3. The van der Waals surface area contributed by atoms with E-state index in [4.69, 9.17) is 26.4 Å². The topological polar surface area (TPSA) is 93.7 Å². The molecular formula is C33H33FN4O4S2. The van der Waals surface area contributed by atoms with E-state index in [0.29, 0.717) is 23.8 Å². The molecule has 3 aromatic carbocycles. The van der Waals surface area contributed by atoms with Gasteiger partial charge >= 0.3 is 0 Å². The molecule has 1 atom stereocenters. The van der Waals surface area contributed by atoms with Gasteiger partial charge < -0.3 is 30.2 Å². The summed E-state index contributed by atoms with van der Waals surface area (Å²) in [5.41, 5.74) is 4.44. The van der Waals surface area contributed by atoms with Crippen LogP contribution in [0.25, 0.3) is 0 Å². The van der Waals surface area contributed by atoms with Gasteiger partial charge in [0.25, 0.3) is 0 Å². The summed E-state index contributed by atoms with van der Waals surface area (Å²) in [6, 6.07) is 22.0. The molecule has 8 nitrogen and oxygen atoms in total. The maximum absolute atomic E-state index is 15.2. The molecule has 2 heterocycles. The molecule has 1 unspecified atom stereocenters. The zero-order chi connectivity index (χ0) is 30.9. The number of carbonyl (C=O) groups is 1. The second-order valence-corrected chi connectivity index (χ2v) is 11.7. The van der Waals surface area contributed by atoms with Gasteiger partial charge in [0.1, 0.15) is 11.5 Å². The predicted molar refractivity (Wildman–Crippen MR) is 174 cm³/mol. The Hall–Kier alpha value is -4.03. The lowest BCUT2D eigenvalue weighted by atomic mass is 10.0. The van der Waals surface area contributed by atoms with E-state index in [-0.39, 0.29) is 28.4 Å². The summed E-state index contributed by atoms with van der Waals surface area (Å²) in [6.45, 7) is 2.22. The van der Waals surface area contributed by atoms with E-state index in [1.54, 1.807) is 50.4 Å². The van der Waals surface area contributed by atoms with Crippen LogP contribution in [0, 0.1) is 5.82 Å².